The number of benzene rings is 1. The summed E-state index contributed by atoms with van der Waals surface area (Å²) in [6, 6.07) is 6.35. The van der Waals surface area contributed by atoms with E-state index in [0.29, 0.717) is 5.69 Å². The molecule has 1 rings (SSSR count). The number of phenolic OH excluding ortho intramolecular Hbond substituents is 1. The smallest absolute Gasteiger partial charge is 0.239 e. The van der Waals surface area contributed by atoms with Gasteiger partial charge in [-0.2, -0.15) is 0 Å². The van der Waals surface area contributed by atoms with Gasteiger partial charge in [-0.25, -0.2) is 0 Å². The van der Waals surface area contributed by atoms with E-state index in [1.807, 2.05) is 0 Å². The molecule has 17 heavy (non-hydrogen) atoms. The third-order valence-electron chi connectivity index (χ3n) is 2.69. The number of rotatable bonds is 3. The molecule has 0 unspecified atom stereocenters. The van der Waals surface area contributed by atoms with Gasteiger partial charge in [0.1, 0.15) is 5.75 Å². The second-order valence-electron chi connectivity index (χ2n) is 4.37. The van der Waals surface area contributed by atoms with Crippen molar-refractivity contribution in [2.75, 3.05) is 11.9 Å². The van der Waals surface area contributed by atoms with Crippen LogP contribution in [0.1, 0.15) is 13.8 Å². The molecule has 0 heterocycles. The normalized spacial score (nSPS) is 11.0. The predicted molar refractivity (Wildman–Crippen MR) is 72.1 cm³/mol. The topological polar surface area (TPSA) is 66.6 Å². The van der Waals surface area contributed by atoms with Crippen LogP contribution in [0.5, 0.6) is 5.75 Å². The maximum Gasteiger partial charge on any atom is 0.239 e. The Morgan fingerprint density at radius 2 is 1.82 bits per heavy atom. The van der Waals surface area contributed by atoms with E-state index in [9.17, 15) is 9.90 Å². The number of nitrogens with zero attached hydrogens (tertiary/aromatic N) is 1. The number of thiocarbonyl (C=S) groups is 1. The lowest BCUT2D eigenvalue weighted by Crippen LogP contribution is -2.45. The Bertz CT molecular complexity index is 440. The molecule has 3 N–H and O–H groups in total. The Kier molecular flexibility index (Phi) is 3.72. The van der Waals surface area contributed by atoms with Gasteiger partial charge >= 0.3 is 0 Å². The molecule has 4 nitrogen and oxygen atoms in total. The molecular formula is C12H16N2O2S. The van der Waals surface area contributed by atoms with Crippen molar-refractivity contribution in [3.63, 3.8) is 0 Å². The molecule has 1 aromatic carbocycles. The molecule has 0 aliphatic carbocycles. The minimum absolute atomic E-state index is 0.156. The number of nitrogens with two attached hydrogens (primary N) is 1. The summed E-state index contributed by atoms with van der Waals surface area (Å²) in [6.45, 7) is 3.38. The molecule has 0 aromatic heterocycles. The number of amides is 1. The van der Waals surface area contributed by atoms with Gasteiger partial charge < -0.3 is 15.7 Å². The largest absolute Gasteiger partial charge is 0.508 e. The molecule has 0 saturated heterocycles. The summed E-state index contributed by atoms with van der Waals surface area (Å²) in [7, 11) is 1.65. The first-order chi connectivity index (χ1) is 7.76. The Hall–Kier alpha value is -1.62. The van der Waals surface area contributed by atoms with Gasteiger partial charge in [-0.3, -0.25) is 4.79 Å². The van der Waals surface area contributed by atoms with Crippen LogP contribution < -0.4 is 10.6 Å². The van der Waals surface area contributed by atoms with Crippen molar-refractivity contribution >= 4 is 28.8 Å². The number of hydrogen-bond acceptors (Lipinski definition) is 3. The van der Waals surface area contributed by atoms with Gasteiger partial charge in [0, 0.05) is 12.7 Å². The molecule has 92 valence electrons. The highest BCUT2D eigenvalue weighted by Crippen LogP contribution is 2.24. The van der Waals surface area contributed by atoms with E-state index < -0.39 is 5.41 Å². The van der Waals surface area contributed by atoms with Gasteiger partial charge in [0.15, 0.2) is 0 Å². The fraction of sp³-hybridized carbons (Fsp3) is 0.333. The molecule has 0 aliphatic rings. The molecule has 0 aliphatic heterocycles. The van der Waals surface area contributed by atoms with Crippen LogP contribution in [0.3, 0.4) is 0 Å². The van der Waals surface area contributed by atoms with Crippen molar-refractivity contribution in [2.24, 2.45) is 11.1 Å². The first kappa shape index (κ1) is 13.4. The summed E-state index contributed by atoms with van der Waals surface area (Å²) in [5.41, 5.74) is 5.35. The number of anilines is 1. The van der Waals surface area contributed by atoms with Crippen molar-refractivity contribution in [3.05, 3.63) is 24.3 Å². The van der Waals surface area contributed by atoms with Crippen LogP contribution in [0, 0.1) is 5.41 Å². The highest BCUT2D eigenvalue weighted by Gasteiger charge is 2.33. The van der Waals surface area contributed by atoms with Crippen LogP contribution in [-0.4, -0.2) is 23.0 Å². The number of phenols is 1. The van der Waals surface area contributed by atoms with E-state index in [0.717, 1.165) is 0 Å². The van der Waals surface area contributed by atoms with Crippen LogP contribution in [0.2, 0.25) is 0 Å². The third kappa shape index (κ3) is 2.74. The van der Waals surface area contributed by atoms with Gasteiger partial charge in [-0.1, -0.05) is 12.2 Å². The summed E-state index contributed by atoms with van der Waals surface area (Å²) >= 11 is 4.89. The minimum Gasteiger partial charge on any atom is -0.508 e. The van der Waals surface area contributed by atoms with Gasteiger partial charge in [0.2, 0.25) is 5.91 Å². The number of carbonyl (C=O) groups is 1. The van der Waals surface area contributed by atoms with Crippen LogP contribution >= 0.6 is 12.2 Å². The summed E-state index contributed by atoms with van der Waals surface area (Å²) in [5.74, 6) is -0.0288. The zero-order chi connectivity index (χ0) is 13.2. The molecule has 0 atom stereocenters. The Morgan fingerprint density at radius 1 is 1.35 bits per heavy atom. The quantitative estimate of drug-likeness (QED) is 0.803. The minimum atomic E-state index is -0.887. The summed E-state index contributed by atoms with van der Waals surface area (Å²) in [5, 5.41) is 9.18. The van der Waals surface area contributed by atoms with E-state index in [2.05, 4.69) is 0 Å². The number of carbonyl (C=O) groups excluding carboxylic acids is 1. The maximum atomic E-state index is 12.2. The Labute approximate surface area is 106 Å². The van der Waals surface area contributed by atoms with Crippen molar-refractivity contribution in [1.29, 1.82) is 0 Å². The Balaban J connectivity index is 2.98. The SMILES string of the molecule is CN(C(=O)C(C)(C)C(N)=S)c1ccc(O)cc1. The molecule has 1 aromatic rings. The lowest BCUT2D eigenvalue weighted by atomic mass is 9.91. The second-order valence-corrected chi connectivity index (χ2v) is 4.81. The first-order valence-corrected chi connectivity index (χ1v) is 5.54. The predicted octanol–water partition coefficient (Wildman–Crippen LogP) is 1.67. The first-order valence-electron chi connectivity index (χ1n) is 5.14. The van der Waals surface area contributed by atoms with Gasteiger partial charge in [-0.15, -0.1) is 0 Å². The number of aromatic hydroxyl groups is 1. The van der Waals surface area contributed by atoms with Crippen molar-refractivity contribution in [2.45, 2.75) is 13.8 Å². The lowest BCUT2D eigenvalue weighted by Gasteiger charge is -2.28. The van der Waals surface area contributed by atoms with Crippen LogP contribution in [-0.2, 0) is 4.79 Å². The molecule has 1 amide bonds. The second kappa shape index (κ2) is 4.71. The molecule has 5 heteroatoms. The molecule has 0 radical (unpaired) electrons. The summed E-state index contributed by atoms with van der Waals surface area (Å²) in [6.07, 6.45) is 0. The summed E-state index contributed by atoms with van der Waals surface area (Å²) < 4.78 is 0. The van der Waals surface area contributed by atoms with Crippen molar-refractivity contribution in [3.8, 4) is 5.75 Å². The molecule has 0 spiro atoms. The average molecular weight is 252 g/mol. The van der Waals surface area contributed by atoms with Gasteiger partial charge in [0.25, 0.3) is 0 Å². The zero-order valence-corrected chi connectivity index (χ0v) is 10.9. The Morgan fingerprint density at radius 3 is 2.24 bits per heavy atom. The number of hydrogen-bond donors (Lipinski definition) is 2. The van der Waals surface area contributed by atoms with Crippen LogP contribution in [0.4, 0.5) is 5.69 Å². The van der Waals surface area contributed by atoms with Crippen molar-refractivity contribution in [1.82, 2.24) is 0 Å². The highest BCUT2D eigenvalue weighted by atomic mass is 32.1. The summed E-state index contributed by atoms with van der Waals surface area (Å²) in [4.78, 5) is 13.8. The molecule has 0 bridgehead atoms. The van der Waals surface area contributed by atoms with E-state index in [1.54, 1.807) is 33.0 Å². The van der Waals surface area contributed by atoms with Crippen molar-refractivity contribution < 1.29 is 9.90 Å². The molecule has 0 saturated carbocycles. The van der Waals surface area contributed by atoms with Gasteiger partial charge in [0.05, 0.1) is 10.4 Å². The van der Waals surface area contributed by atoms with Crippen LogP contribution in [0.25, 0.3) is 0 Å². The van der Waals surface area contributed by atoms with E-state index in [-0.39, 0.29) is 16.6 Å². The van der Waals surface area contributed by atoms with Gasteiger partial charge in [-0.05, 0) is 38.1 Å². The lowest BCUT2D eigenvalue weighted by molar-refractivity contribution is -0.123. The van der Waals surface area contributed by atoms with E-state index in [1.165, 1.54) is 17.0 Å². The average Bonchev–Trinajstić information content (AvgIpc) is 2.27. The highest BCUT2D eigenvalue weighted by molar-refractivity contribution is 7.80. The molecular weight excluding hydrogens is 236 g/mol. The zero-order valence-electron chi connectivity index (χ0n) is 10.1. The molecule has 0 fully saturated rings. The standard InChI is InChI=1S/C12H16N2O2S/c1-12(2,10(13)17)11(16)14(3)8-4-6-9(15)7-5-8/h4-7,15H,1-3H3,(H2,13,17). The maximum absolute atomic E-state index is 12.2. The van der Waals surface area contributed by atoms with E-state index in [4.69, 9.17) is 18.0 Å². The van der Waals surface area contributed by atoms with Crippen LogP contribution in [0.15, 0.2) is 24.3 Å². The fourth-order valence-corrected chi connectivity index (χ4v) is 1.41. The van der Waals surface area contributed by atoms with E-state index >= 15 is 0 Å². The monoisotopic (exact) mass is 252 g/mol. The third-order valence-corrected chi connectivity index (χ3v) is 3.20. The fourth-order valence-electron chi connectivity index (χ4n) is 1.32.